The van der Waals surface area contributed by atoms with E-state index in [-0.39, 0.29) is 16.1 Å². The molecule has 0 aliphatic carbocycles. The second-order valence-electron chi connectivity index (χ2n) is 6.71. The molecule has 0 unspecified atom stereocenters. The zero-order valence-corrected chi connectivity index (χ0v) is 16.1. The Kier molecular flexibility index (Phi) is 6.13. The van der Waals surface area contributed by atoms with Gasteiger partial charge in [-0.25, -0.2) is 22.6 Å². The maximum absolute atomic E-state index is 13.1. The van der Waals surface area contributed by atoms with Crippen LogP contribution in [0.15, 0.2) is 41.4 Å². The van der Waals surface area contributed by atoms with E-state index in [0.29, 0.717) is 18.9 Å². The van der Waals surface area contributed by atoms with Crippen LogP contribution < -0.4 is 9.62 Å². The zero-order chi connectivity index (χ0) is 20.1. The van der Waals surface area contributed by atoms with Crippen LogP contribution >= 0.6 is 0 Å². The van der Waals surface area contributed by atoms with E-state index < -0.39 is 21.8 Å². The van der Waals surface area contributed by atoms with Crippen molar-refractivity contribution < 1.29 is 22.7 Å². The molecule has 0 atom stereocenters. The Morgan fingerprint density at radius 2 is 1.68 bits per heavy atom. The molecule has 2 heterocycles. The van der Waals surface area contributed by atoms with Crippen LogP contribution in [0, 0.1) is 5.82 Å². The molecule has 1 aromatic heterocycles. The Labute approximate surface area is 163 Å². The van der Waals surface area contributed by atoms with Gasteiger partial charge < -0.3 is 10.0 Å². The van der Waals surface area contributed by atoms with Gasteiger partial charge in [0.15, 0.2) is 5.82 Å². The lowest BCUT2D eigenvalue weighted by Gasteiger charge is -2.28. The molecule has 2 N–H and O–H groups in total. The highest BCUT2D eigenvalue weighted by Crippen LogP contribution is 2.29. The predicted octanol–water partition coefficient (Wildman–Crippen LogP) is 3.49. The molecule has 0 saturated carbocycles. The van der Waals surface area contributed by atoms with Gasteiger partial charge in [-0.3, -0.25) is 4.72 Å². The van der Waals surface area contributed by atoms with Gasteiger partial charge in [0.05, 0.1) is 16.1 Å². The van der Waals surface area contributed by atoms with Crippen LogP contribution in [0.2, 0.25) is 0 Å². The number of aromatic carboxylic acids is 1. The van der Waals surface area contributed by atoms with E-state index in [9.17, 15) is 22.7 Å². The van der Waals surface area contributed by atoms with Crippen molar-refractivity contribution in [2.75, 3.05) is 22.7 Å². The molecular weight excluding hydrogens is 385 g/mol. The molecule has 0 amide bonds. The zero-order valence-electron chi connectivity index (χ0n) is 15.3. The van der Waals surface area contributed by atoms with E-state index in [2.05, 4.69) is 9.71 Å². The van der Waals surface area contributed by atoms with Crippen molar-refractivity contribution >= 4 is 27.5 Å². The van der Waals surface area contributed by atoms with Crippen molar-refractivity contribution in [3.8, 4) is 0 Å². The molecule has 28 heavy (non-hydrogen) atoms. The molecule has 150 valence electrons. The van der Waals surface area contributed by atoms with E-state index in [4.69, 9.17) is 0 Å². The third kappa shape index (κ3) is 4.78. The van der Waals surface area contributed by atoms with E-state index in [1.807, 2.05) is 4.90 Å². The van der Waals surface area contributed by atoms with Gasteiger partial charge in [-0.15, -0.1) is 0 Å². The molecule has 2 aromatic rings. The van der Waals surface area contributed by atoms with Crippen molar-refractivity contribution in [2.24, 2.45) is 0 Å². The van der Waals surface area contributed by atoms with Crippen molar-refractivity contribution in [1.82, 2.24) is 4.98 Å². The fraction of sp³-hybridized carbons (Fsp3) is 0.368. The summed E-state index contributed by atoms with van der Waals surface area (Å²) < 4.78 is 41.0. The average Bonchev–Trinajstić information content (AvgIpc) is 2.62. The quantitative estimate of drug-likeness (QED) is 0.787. The largest absolute Gasteiger partial charge is 0.478 e. The molecule has 1 aliphatic rings. The number of carboxylic acid groups (broad SMARTS) is 1. The minimum absolute atomic E-state index is 0.102. The SMILES string of the molecule is O=C(O)c1cnc(N2CCCCCCC2)c(NS(=O)(=O)c2ccc(F)cc2)c1. The number of carboxylic acids is 1. The molecule has 1 saturated heterocycles. The Bertz CT molecular complexity index is 940. The topological polar surface area (TPSA) is 99.6 Å². The minimum atomic E-state index is -4.03. The standard InChI is InChI=1S/C19H22FN3O4S/c20-15-6-8-16(9-7-15)28(26,27)22-17-12-14(19(24)25)13-21-18(17)23-10-4-2-1-3-5-11-23/h6-9,12-13,22H,1-5,10-11H2,(H,24,25). The second kappa shape index (κ2) is 8.55. The summed E-state index contributed by atoms with van der Waals surface area (Å²) in [6, 6.07) is 5.69. The minimum Gasteiger partial charge on any atom is -0.478 e. The summed E-state index contributed by atoms with van der Waals surface area (Å²) in [5.74, 6) is -1.35. The lowest BCUT2D eigenvalue weighted by atomic mass is 10.1. The van der Waals surface area contributed by atoms with Gasteiger partial charge in [-0.1, -0.05) is 19.3 Å². The predicted molar refractivity (Wildman–Crippen MR) is 104 cm³/mol. The summed E-state index contributed by atoms with van der Waals surface area (Å²) in [7, 11) is -4.03. The van der Waals surface area contributed by atoms with Crippen LogP contribution in [-0.2, 0) is 10.0 Å². The molecule has 9 heteroatoms. The fourth-order valence-corrected chi connectivity index (χ4v) is 4.23. The highest BCUT2D eigenvalue weighted by Gasteiger charge is 2.22. The number of nitrogens with zero attached hydrogens (tertiary/aromatic N) is 2. The molecule has 3 rings (SSSR count). The van der Waals surface area contributed by atoms with Gasteiger partial charge in [0.2, 0.25) is 0 Å². The number of benzene rings is 1. The number of halogens is 1. The third-order valence-corrected chi connectivity index (χ3v) is 6.02. The van der Waals surface area contributed by atoms with Crippen LogP contribution in [0.5, 0.6) is 0 Å². The Balaban J connectivity index is 1.97. The first-order valence-electron chi connectivity index (χ1n) is 9.13. The number of nitrogens with one attached hydrogen (secondary N) is 1. The summed E-state index contributed by atoms with van der Waals surface area (Å²) in [6.45, 7) is 1.43. The number of hydrogen-bond acceptors (Lipinski definition) is 5. The van der Waals surface area contributed by atoms with Crippen LogP contribution in [0.1, 0.15) is 42.5 Å². The number of rotatable bonds is 5. The maximum atomic E-state index is 13.1. The molecular formula is C19H22FN3O4S. The van der Waals surface area contributed by atoms with Gasteiger partial charge in [0.1, 0.15) is 5.82 Å². The van der Waals surface area contributed by atoms with Gasteiger partial charge in [0, 0.05) is 19.3 Å². The van der Waals surface area contributed by atoms with Gasteiger partial charge in [-0.2, -0.15) is 0 Å². The molecule has 1 fully saturated rings. The number of anilines is 2. The lowest BCUT2D eigenvalue weighted by molar-refractivity contribution is 0.0696. The Morgan fingerprint density at radius 3 is 2.29 bits per heavy atom. The summed E-state index contributed by atoms with van der Waals surface area (Å²) in [5.41, 5.74) is -0.0163. The normalized spacial score (nSPS) is 15.5. The number of aromatic nitrogens is 1. The highest BCUT2D eigenvalue weighted by molar-refractivity contribution is 7.92. The number of carbonyl (C=O) groups is 1. The van der Waals surface area contributed by atoms with Gasteiger partial charge in [0.25, 0.3) is 10.0 Å². The average molecular weight is 407 g/mol. The monoisotopic (exact) mass is 407 g/mol. The molecule has 7 nitrogen and oxygen atoms in total. The van der Waals surface area contributed by atoms with Crippen molar-refractivity contribution in [2.45, 2.75) is 37.0 Å². The molecule has 0 bridgehead atoms. The third-order valence-electron chi connectivity index (χ3n) is 4.64. The van der Waals surface area contributed by atoms with E-state index >= 15 is 0 Å². The Morgan fingerprint density at radius 1 is 1.07 bits per heavy atom. The molecule has 1 aromatic carbocycles. The molecule has 0 spiro atoms. The first kappa shape index (κ1) is 20.1. The second-order valence-corrected chi connectivity index (χ2v) is 8.40. The summed E-state index contributed by atoms with van der Waals surface area (Å²) in [5, 5.41) is 9.27. The fourth-order valence-electron chi connectivity index (χ4n) is 3.18. The Hall–Kier alpha value is -2.68. The summed E-state index contributed by atoms with van der Waals surface area (Å²) in [6.07, 6.45) is 6.47. The van der Waals surface area contributed by atoms with E-state index in [0.717, 1.165) is 49.9 Å². The van der Waals surface area contributed by atoms with E-state index in [1.54, 1.807) is 0 Å². The molecule has 1 aliphatic heterocycles. The smallest absolute Gasteiger partial charge is 0.337 e. The first-order valence-corrected chi connectivity index (χ1v) is 10.6. The summed E-state index contributed by atoms with van der Waals surface area (Å²) in [4.78, 5) is 17.4. The lowest BCUT2D eigenvalue weighted by Crippen LogP contribution is -2.29. The first-order chi connectivity index (χ1) is 13.4. The number of hydrogen-bond donors (Lipinski definition) is 2. The van der Waals surface area contributed by atoms with Crippen molar-refractivity contribution in [3.05, 3.63) is 47.9 Å². The van der Waals surface area contributed by atoms with Crippen molar-refractivity contribution in [1.29, 1.82) is 0 Å². The van der Waals surface area contributed by atoms with Crippen LogP contribution in [0.3, 0.4) is 0 Å². The highest BCUT2D eigenvalue weighted by atomic mass is 32.2. The van der Waals surface area contributed by atoms with Gasteiger partial charge in [-0.05, 0) is 43.2 Å². The van der Waals surface area contributed by atoms with Crippen molar-refractivity contribution in [3.63, 3.8) is 0 Å². The van der Waals surface area contributed by atoms with E-state index in [1.165, 1.54) is 18.7 Å². The maximum Gasteiger partial charge on any atom is 0.337 e. The molecule has 0 radical (unpaired) electrons. The number of pyridine rings is 1. The number of sulfonamides is 1. The van der Waals surface area contributed by atoms with Crippen LogP contribution in [0.25, 0.3) is 0 Å². The van der Waals surface area contributed by atoms with Gasteiger partial charge >= 0.3 is 5.97 Å². The van der Waals surface area contributed by atoms with Crippen LogP contribution in [0.4, 0.5) is 15.9 Å². The summed E-state index contributed by atoms with van der Waals surface area (Å²) >= 11 is 0. The van der Waals surface area contributed by atoms with Crippen LogP contribution in [-0.4, -0.2) is 37.6 Å².